The van der Waals surface area contributed by atoms with Gasteiger partial charge in [-0.05, 0) is 55.4 Å². The minimum absolute atomic E-state index is 0.706. The third kappa shape index (κ3) is 3.72. The minimum atomic E-state index is -1.51. The Morgan fingerprint density at radius 3 is 2.94 bits per heavy atom. The average molecular weight is 281 g/mol. The van der Waals surface area contributed by atoms with Gasteiger partial charge in [-0.15, -0.1) is 11.3 Å². The van der Waals surface area contributed by atoms with E-state index < -0.39 is 8.32 Å². The van der Waals surface area contributed by atoms with Gasteiger partial charge < -0.3 is 4.43 Å². The molecule has 0 saturated heterocycles. The summed E-state index contributed by atoms with van der Waals surface area (Å²) in [6.45, 7) is 6.96. The van der Waals surface area contributed by atoms with E-state index in [0.717, 1.165) is 0 Å². The van der Waals surface area contributed by atoms with Crippen LogP contribution in [-0.4, -0.2) is 8.32 Å². The van der Waals surface area contributed by atoms with Crippen LogP contribution in [0.1, 0.15) is 37.5 Å². The molecule has 0 amide bonds. The summed E-state index contributed by atoms with van der Waals surface area (Å²) >= 11 is 1.80. The van der Waals surface area contributed by atoms with Crippen LogP contribution < -0.4 is 0 Å². The fraction of sp³-hybridized carbons (Fsp3) is 0.600. The molecule has 2 rings (SSSR count). The van der Waals surface area contributed by atoms with Crippen LogP contribution in [0.3, 0.4) is 0 Å². The van der Waals surface area contributed by atoms with Crippen LogP contribution >= 0.6 is 11.3 Å². The lowest BCUT2D eigenvalue weighted by molar-refractivity contribution is 0.454. The fourth-order valence-corrected chi connectivity index (χ4v) is 5.31. The van der Waals surface area contributed by atoms with E-state index in [0.29, 0.717) is 5.92 Å². The second kappa shape index (κ2) is 6.07. The molecule has 18 heavy (non-hydrogen) atoms. The molecule has 0 fully saturated rings. The van der Waals surface area contributed by atoms with Crippen LogP contribution in [0.15, 0.2) is 23.6 Å². The summed E-state index contributed by atoms with van der Waals surface area (Å²) in [5.74, 6) is 1.87. The normalized spacial score (nSPS) is 26.6. The maximum atomic E-state index is 6.41. The zero-order chi connectivity index (χ0) is 13.0. The number of hydrogen-bond acceptors (Lipinski definition) is 2. The summed E-state index contributed by atoms with van der Waals surface area (Å²) < 4.78 is 6.41. The van der Waals surface area contributed by atoms with E-state index in [1.165, 1.54) is 42.4 Å². The summed E-state index contributed by atoms with van der Waals surface area (Å²) in [7, 11) is -1.51. The van der Waals surface area contributed by atoms with E-state index in [-0.39, 0.29) is 0 Å². The first-order chi connectivity index (χ1) is 8.61. The van der Waals surface area contributed by atoms with Gasteiger partial charge in [0.05, 0.1) is 4.88 Å². The van der Waals surface area contributed by atoms with Crippen LogP contribution in [0.5, 0.6) is 0 Å². The SMILES string of the molecule is CCCC1/C=C(/c2cccs2)O[Si](C)(C)CCC1. The molecule has 0 aromatic carbocycles. The highest BCUT2D eigenvalue weighted by Crippen LogP contribution is 2.33. The van der Waals surface area contributed by atoms with Crippen LogP contribution in [0.25, 0.3) is 5.76 Å². The summed E-state index contributed by atoms with van der Waals surface area (Å²) in [5, 5.41) is 2.14. The Balaban J connectivity index is 2.25. The first kappa shape index (κ1) is 13.9. The average Bonchev–Trinajstić information content (AvgIpc) is 2.78. The van der Waals surface area contributed by atoms with Gasteiger partial charge in [0, 0.05) is 0 Å². The predicted molar refractivity (Wildman–Crippen MR) is 83.3 cm³/mol. The van der Waals surface area contributed by atoms with Gasteiger partial charge in [0.25, 0.3) is 0 Å². The molecular formula is C15H24OSSi. The number of hydrogen-bond donors (Lipinski definition) is 0. The van der Waals surface area contributed by atoms with Gasteiger partial charge in [-0.25, -0.2) is 0 Å². The standard InChI is InChI=1S/C15H24OSSi/c1-4-7-13-8-6-11-18(2,3)16-14(12-13)15-9-5-10-17-15/h5,9-10,12-13H,4,6-8,11H2,1-3H3/b14-12-. The molecule has 100 valence electrons. The molecule has 0 spiro atoms. The molecule has 0 saturated carbocycles. The van der Waals surface area contributed by atoms with E-state index >= 15 is 0 Å². The van der Waals surface area contributed by atoms with Gasteiger partial charge in [-0.3, -0.25) is 0 Å². The zero-order valence-corrected chi connectivity index (χ0v) is 13.6. The lowest BCUT2D eigenvalue weighted by Gasteiger charge is -2.29. The smallest absolute Gasteiger partial charge is 0.245 e. The third-order valence-corrected chi connectivity index (χ3v) is 6.77. The molecule has 1 atom stereocenters. The van der Waals surface area contributed by atoms with E-state index in [1.807, 2.05) is 0 Å². The molecule has 0 aliphatic carbocycles. The van der Waals surface area contributed by atoms with Crippen LogP contribution in [-0.2, 0) is 4.43 Å². The Bertz CT molecular complexity index is 395. The topological polar surface area (TPSA) is 9.23 Å². The van der Waals surface area contributed by atoms with E-state index in [1.54, 1.807) is 11.3 Å². The van der Waals surface area contributed by atoms with Crippen molar-refractivity contribution >= 4 is 25.4 Å². The van der Waals surface area contributed by atoms with E-state index in [4.69, 9.17) is 4.43 Å². The summed E-state index contributed by atoms with van der Waals surface area (Å²) in [5.41, 5.74) is 0. The molecular weight excluding hydrogens is 256 g/mol. The minimum Gasteiger partial charge on any atom is -0.543 e. The molecule has 1 nitrogen and oxygen atoms in total. The molecule has 1 aromatic rings. The summed E-state index contributed by atoms with van der Waals surface area (Å²) in [6, 6.07) is 5.59. The quantitative estimate of drug-likeness (QED) is 0.662. The highest BCUT2D eigenvalue weighted by atomic mass is 32.1. The molecule has 0 bridgehead atoms. The summed E-state index contributed by atoms with van der Waals surface area (Å²) in [6.07, 6.45) is 7.63. The largest absolute Gasteiger partial charge is 0.543 e. The van der Waals surface area contributed by atoms with Crippen LogP contribution in [0.2, 0.25) is 19.1 Å². The van der Waals surface area contributed by atoms with Crippen molar-refractivity contribution in [1.29, 1.82) is 0 Å². The maximum Gasteiger partial charge on any atom is 0.245 e. The lowest BCUT2D eigenvalue weighted by atomic mass is 9.97. The van der Waals surface area contributed by atoms with Gasteiger partial charge >= 0.3 is 0 Å². The molecule has 1 aromatic heterocycles. The second-order valence-electron chi connectivity index (χ2n) is 5.81. The third-order valence-electron chi connectivity index (χ3n) is 3.55. The molecule has 1 aliphatic rings. The van der Waals surface area contributed by atoms with Crippen LogP contribution in [0, 0.1) is 5.92 Å². The van der Waals surface area contributed by atoms with Gasteiger partial charge in [0.1, 0.15) is 5.76 Å². The van der Waals surface area contributed by atoms with Crippen molar-refractivity contribution in [3.8, 4) is 0 Å². The Morgan fingerprint density at radius 1 is 1.44 bits per heavy atom. The van der Waals surface area contributed by atoms with Crippen molar-refractivity contribution in [1.82, 2.24) is 0 Å². The van der Waals surface area contributed by atoms with E-state index in [9.17, 15) is 0 Å². The molecule has 0 radical (unpaired) electrons. The fourth-order valence-electron chi connectivity index (χ4n) is 2.62. The molecule has 1 aliphatic heterocycles. The van der Waals surface area contributed by atoms with Gasteiger partial charge in [-0.2, -0.15) is 0 Å². The number of allylic oxidation sites excluding steroid dienone is 1. The summed E-state index contributed by atoms with van der Waals surface area (Å²) in [4.78, 5) is 1.30. The van der Waals surface area contributed by atoms with Crippen molar-refractivity contribution in [2.75, 3.05) is 0 Å². The molecule has 1 unspecified atom stereocenters. The zero-order valence-electron chi connectivity index (χ0n) is 11.7. The highest BCUT2D eigenvalue weighted by Gasteiger charge is 2.28. The van der Waals surface area contributed by atoms with E-state index in [2.05, 4.69) is 43.6 Å². The van der Waals surface area contributed by atoms with Crippen molar-refractivity contribution < 1.29 is 4.43 Å². The Kier molecular flexibility index (Phi) is 4.68. The highest BCUT2D eigenvalue weighted by molar-refractivity contribution is 7.11. The Morgan fingerprint density at radius 2 is 2.28 bits per heavy atom. The first-order valence-corrected chi connectivity index (χ1v) is 11.0. The van der Waals surface area contributed by atoms with Crippen molar-refractivity contribution in [3.05, 3.63) is 28.5 Å². The number of rotatable bonds is 3. The monoisotopic (exact) mass is 280 g/mol. The van der Waals surface area contributed by atoms with Crippen molar-refractivity contribution in [2.45, 2.75) is 51.7 Å². The Labute approximate surface area is 116 Å². The molecule has 0 N–H and O–H groups in total. The molecule has 2 heterocycles. The van der Waals surface area contributed by atoms with Crippen molar-refractivity contribution in [2.24, 2.45) is 5.92 Å². The lowest BCUT2D eigenvalue weighted by Crippen LogP contribution is -2.30. The predicted octanol–water partition coefficient (Wildman–Crippen LogP) is 5.52. The molecule has 3 heteroatoms. The first-order valence-electron chi connectivity index (χ1n) is 7.05. The second-order valence-corrected chi connectivity index (χ2v) is 11.0. The maximum absolute atomic E-state index is 6.41. The van der Waals surface area contributed by atoms with Gasteiger partial charge in [0.15, 0.2) is 0 Å². The Hall–Kier alpha value is -0.543. The van der Waals surface area contributed by atoms with Gasteiger partial charge in [0.2, 0.25) is 8.32 Å². The van der Waals surface area contributed by atoms with Gasteiger partial charge in [-0.1, -0.05) is 25.8 Å². The number of thiophene rings is 1. The van der Waals surface area contributed by atoms with Crippen LogP contribution in [0.4, 0.5) is 0 Å². The van der Waals surface area contributed by atoms with Crippen molar-refractivity contribution in [3.63, 3.8) is 0 Å².